The summed E-state index contributed by atoms with van der Waals surface area (Å²) >= 11 is 0. The molecule has 0 bridgehead atoms. The van der Waals surface area contributed by atoms with Gasteiger partial charge >= 0.3 is 6.09 Å². The number of aromatic nitrogens is 3. The Hall–Kier alpha value is -4.48. The van der Waals surface area contributed by atoms with Gasteiger partial charge in [-0.3, -0.25) is 9.78 Å². The molecule has 0 N–H and O–H groups in total. The number of fused-ring (bicyclic) bond motifs is 1. The molecule has 250 valence electrons. The first-order valence-electron chi connectivity index (χ1n) is 16.3. The maximum absolute atomic E-state index is 14.3. The van der Waals surface area contributed by atoms with Crippen molar-refractivity contribution < 1.29 is 28.2 Å². The van der Waals surface area contributed by atoms with Crippen molar-refractivity contribution in [2.24, 2.45) is 5.41 Å². The van der Waals surface area contributed by atoms with Crippen LogP contribution in [0, 0.1) is 11.2 Å². The van der Waals surface area contributed by atoms with Crippen LogP contribution in [0.1, 0.15) is 76.0 Å². The molecule has 11 nitrogen and oxygen atoms in total. The standard InChI is InChI=1S/C35H43FN6O5/c1-7-42(22(2)3)32(43)25-14-23(36)8-9-28(25)46-30-17-37-21-39-31(30)41-19-35(20-41)15-24(16-35)45-29-10-12-38-27-11-13-40(18-26(27)29)33(44)47-34(4,5)6/h8-10,12,14,17,21-22,24H,7,11,13,15-16,18-20H2,1-6H3. The molecule has 0 unspecified atom stereocenters. The quantitative estimate of drug-likeness (QED) is 0.290. The van der Waals surface area contributed by atoms with Crippen LogP contribution in [-0.4, -0.2) is 80.7 Å². The second-order valence-electron chi connectivity index (χ2n) is 14.0. The van der Waals surface area contributed by atoms with Gasteiger partial charge in [0.25, 0.3) is 5.91 Å². The summed E-state index contributed by atoms with van der Waals surface area (Å²) in [6.07, 6.45) is 6.97. The molecule has 0 radical (unpaired) electrons. The minimum atomic E-state index is -0.561. The molecule has 3 aliphatic rings. The lowest BCUT2D eigenvalue weighted by Crippen LogP contribution is -2.65. The number of halogens is 1. The van der Waals surface area contributed by atoms with Crippen molar-refractivity contribution >= 4 is 17.8 Å². The summed E-state index contributed by atoms with van der Waals surface area (Å²) in [4.78, 5) is 44.8. The Bertz CT molecular complexity index is 1650. The highest BCUT2D eigenvalue weighted by atomic mass is 19.1. The van der Waals surface area contributed by atoms with Gasteiger partial charge in [-0.05, 0) is 78.6 Å². The third kappa shape index (κ3) is 6.82. The molecule has 2 amide bonds. The van der Waals surface area contributed by atoms with Crippen molar-refractivity contribution in [3.63, 3.8) is 0 Å². The zero-order chi connectivity index (χ0) is 33.5. The number of amides is 2. The van der Waals surface area contributed by atoms with E-state index in [9.17, 15) is 14.0 Å². The molecule has 1 aliphatic carbocycles. The lowest BCUT2D eigenvalue weighted by molar-refractivity contribution is -0.0353. The molecular weight excluding hydrogens is 603 g/mol. The van der Waals surface area contributed by atoms with E-state index in [2.05, 4.69) is 19.9 Å². The molecule has 3 aromatic rings. The Morgan fingerprint density at radius 2 is 1.87 bits per heavy atom. The monoisotopic (exact) mass is 646 g/mol. The van der Waals surface area contributed by atoms with Gasteiger partial charge in [-0.25, -0.2) is 19.2 Å². The molecule has 2 fully saturated rings. The predicted octanol–water partition coefficient (Wildman–Crippen LogP) is 6.01. The first kappa shape index (κ1) is 32.5. The molecule has 4 heterocycles. The highest BCUT2D eigenvalue weighted by Gasteiger charge is 2.54. The Morgan fingerprint density at radius 3 is 2.57 bits per heavy atom. The van der Waals surface area contributed by atoms with E-state index in [1.165, 1.54) is 24.5 Å². The van der Waals surface area contributed by atoms with Crippen molar-refractivity contribution in [3.8, 4) is 17.2 Å². The third-order valence-electron chi connectivity index (χ3n) is 8.96. The summed E-state index contributed by atoms with van der Waals surface area (Å²) in [7, 11) is 0. The van der Waals surface area contributed by atoms with E-state index in [0.29, 0.717) is 37.6 Å². The number of carbonyl (C=O) groups is 2. The number of benzene rings is 1. The Balaban J connectivity index is 1.09. The van der Waals surface area contributed by atoms with Crippen LogP contribution in [0.15, 0.2) is 43.0 Å². The van der Waals surface area contributed by atoms with Crippen LogP contribution >= 0.6 is 0 Å². The average Bonchev–Trinajstić information content (AvgIpc) is 2.98. The van der Waals surface area contributed by atoms with E-state index in [1.807, 2.05) is 47.6 Å². The fraction of sp³-hybridized carbons (Fsp3) is 0.514. The van der Waals surface area contributed by atoms with Crippen LogP contribution < -0.4 is 14.4 Å². The summed E-state index contributed by atoms with van der Waals surface area (Å²) in [6, 6.07) is 5.80. The van der Waals surface area contributed by atoms with Gasteiger partial charge in [0.2, 0.25) is 0 Å². The van der Waals surface area contributed by atoms with Crippen LogP contribution in [-0.2, 0) is 17.7 Å². The van der Waals surface area contributed by atoms with Crippen LogP contribution in [0.2, 0.25) is 0 Å². The molecule has 47 heavy (non-hydrogen) atoms. The van der Waals surface area contributed by atoms with Gasteiger partial charge in [-0.2, -0.15) is 0 Å². The smallest absolute Gasteiger partial charge is 0.410 e. The van der Waals surface area contributed by atoms with E-state index in [-0.39, 0.29) is 40.9 Å². The molecule has 1 aromatic carbocycles. The van der Waals surface area contributed by atoms with Crippen molar-refractivity contribution in [1.29, 1.82) is 0 Å². The molecule has 12 heteroatoms. The fourth-order valence-electron chi connectivity index (χ4n) is 6.74. The van der Waals surface area contributed by atoms with Crippen LogP contribution in [0.4, 0.5) is 15.0 Å². The van der Waals surface area contributed by atoms with E-state index >= 15 is 0 Å². The summed E-state index contributed by atoms with van der Waals surface area (Å²) in [5, 5.41) is 0. The van der Waals surface area contributed by atoms with Gasteiger partial charge in [0.05, 0.1) is 24.0 Å². The summed E-state index contributed by atoms with van der Waals surface area (Å²) in [6.45, 7) is 14.3. The second kappa shape index (κ2) is 12.6. The van der Waals surface area contributed by atoms with Crippen molar-refractivity contribution in [3.05, 3.63) is 65.6 Å². The second-order valence-corrected chi connectivity index (χ2v) is 14.0. The number of pyridine rings is 1. The maximum Gasteiger partial charge on any atom is 0.410 e. The van der Waals surface area contributed by atoms with E-state index in [1.54, 1.807) is 22.2 Å². The van der Waals surface area contributed by atoms with Crippen molar-refractivity contribution in [2.75, 3.05) is 31.1 Å². The molecule has 0 atom stereocenters. The number of anilines is 1. The van der Waals surface area contributed by atoms with Gasteiger partial charge in [-0.1, -0.05) is 0 Å². The zero-order valence-electron chi connectivity index (χ0n) is 28.0. The number of carbonyl (C=O) groups excluding carboxylic acids is 2. The predicted molar refractivity (Wildman–Crippen MR) is 173 cm³/mol. The van der Waals surface area contributed by atoms with Gasteiger partial charge in [-0.15, -0.1) is 0 Å². The SMILES string of the molecule is CCN(C(=O)c1cc(F)ccc1Oc1cncnc1N1CC2(CC(Oc3ccnc4c3CN(C(=O)OC(C)(C)C)CC4)C2)C1)C(C)C. The normalized spacial score (nSPS) is 17.1. The van der Waals surface area contributed by atoms with E-state index in [0.717, 1.165) is 42.9 Å². The van der Waals surface area contributed by atoms with Gasteiger partial charge in [0.1, 0.15) is 35.3 Å². The summed E-state index contributed by atoms with van der Waals surface area (Å²) in [5.74, 6) is 1.25. The maximum atomic E-state index is 14.3. The highest BCUT2D eigenvalue weighted by Crippen LogP contribution is 2.52. The van der Waals surface area contributed by atoms with Crippen LogP contribution in [0.5, 0.6) is 17.2 Å². The molecule has 1 spiro atoms. The van der Waals surface area contributed by atoms with Crippen molar-refractivity contribution in [1.82, 2.24) is 24.8 Å². The van der Waals surface area contributed by atoms with E-state index in [4.69, 9.17) is 14.2 Å². The Kier molecular flexibility index (Phi) is 8.71. The number of hydrogen-bond acceptors (Lipinski definition) is 9. The Labute approximate surface area is 275 Å². The van der Waals surface area contributed by atoms with Gasteiger partial charge in [0.15, 0.2) is 11.6 Å². The average molecular weight is 647 g/mol. The van der Waals surface area contributed by atoms with Crippen molar-refractivity contribution in [2.45, 2.75) is 85.1 Å². The number of nitrogens with zero attached hydrogens (tertiary/aromatic N) is 6. The van der Waals surface area contributed by atoms with Crippen LogP contribution in [0.25, 0.3) is 0 Å². The minimum Gasteiger partial charge on any atom is -0.490 e. The highest BCUT2D eigenvalue weighted by molar-refractivity contribution is 5.97. The molecular formula is C35H43FN6O5. The molecule has 2 aliphatic heterocycles. The largest absolute Gasteiger partial charge is 0.490 e. The number of rotatable bonds is 8. The zero-order valence-corrected chi connectivity index (χ0v) is 28.0. The Morgan fingerprint density at radius 1 is 1.11 bits per heavy atom. The summed E-state index contributed by atoms with van der Waals surface area (Å²) < 4.78 is 32.6. The molecule has 1 saturated carbocycles. The number of ether oxygens (including phenoxy) is 3. The lowest BCUT2D eigenvalue weighted by atomic mass is 9.61. The molecule has 2 aromatic heterocycles. The first-order valence-corrected chi connectivity index (χ1v) is 16.3. The lowest BCUT2D eigenvalue weighted by Gasteiger charge is -2.59. The first-order chi connectivity index (χ1) is 22.3. The van der Waals surface area contributed by atoms with Crippen LogP contribution in [0.3, 0.4) is 0 Å². The third-order valence-corrected chi connectivity index (χ3v) is 8.96. The molecule has 6 rings (SSSR count). The summed E-state index contributed by atoms with van der Waals surface area (Å²) in [5.41, 5.74) is 1.59. The van der Waals surface area contributed by atoms with E-state index < -0.39 is 11.4 Å². The van der Waals surface area contributed by atoms with Gasteiger partial charge in [0, 0.05) is 55.8 Å². The fourth-order valence-corrected chi connectivity index (χ4v) is 6.74. The molecule has 1 saturated heterocycles. The minimum absolute atomic E-state index is 0.0527. The number of hydrogen-bond donors (Lipinski definition) is 0. The van der Waals surface area contributed by atoms with Gasteiger partial charge < -0.3 is 28.9 Å². The topological polar surface area (TPSA) is 110 Å².